The Bertz CT molecular complexity index is 1110. The number of aromatic nitrogens is 2. The van der Waals surface area contributed by atoms with Crippen molar-refractivity contribution in [1.82, 2.24) is 14.9 Å². The van der Waals surface area contributed by atoms with Crippen LogP contribution in [0, 0.1) is 11.3 Å². The predicted molar refractivity (Wildman–Crippen MR) is 126 cm³/mol. The normalized spacial score (nSPS) is 16.4. The summed E-state index contributed by atoms with van der Waals surface area (Å²) in [4.78, 5) is 4.34. The number of nitrogens with zero attached hydrogens (tertiary/aromatic N) is 3. The van der Waals surface area contributed by atoms with E-state index in [0.717, 1.165) is 42.8 Å². The second-order valence-corrected chi connectivity index (χ2v) is 8.69. The summed E-state index contributed by atoms with van der Waals surface area (Å²) < 4.78 is 2.15. The van der Waals surface area contributed by atoms with Crippen LogP contribution < -0.4 is 5.32 Å². The van der Waals surface area contributed by atoms with E-state index in [4.69, 9.17) is 28.5 Å². The monoisotopic (exact) mass is 450 g/mol. The summed E-state index contributed by atoms with van der Waals surface area (Å²) in [7, 11) is 0. The van der Waals surface area contributed by atoms with E-state index in [2.05, 4.69) is 33.1 Å². The van der Waals surface area contributed by atoms with E-state index in [1.807, 2.05) is 48.9 Å². The number of benzene rings is 2. The summed E-state index contributed by atoms with van der Waals surface area (Å²) in [5.41, 5.74) is 5.43. The molecule has 0 aliphatic heterocycles. The van der Waals surface area contributed by atoms with Gasteiger partial charge in [0.15, 0.2) is 0 Å². The first-order chi connectivity index (χ1) is 15.1. The van der Waals surface area contributed by atoms with Gasteiger partial charge in [0.25, 0.3) is 0 Å². The minimum absolute atomic E-state index is 0.296. The first-order valence-corrected chi connectivity index (χ1v) is 11.3. The Kier molecular flexibility index (Phi) is 7.09. The number of halogens is 2. The Morgan fingerprint density at radius 2 is 1.94 bits per heavy atom. The van der Waals surface area contributed by atoms with E-state index in [9.17, 15) is 0 Å². The van der Waals surface area contributed by atoms with Crippen LogP contribution in [0.25, 0.3) is 5.57 Å². The maximum Gasteiger partial charge on any atom is 0.0991 e. The zero-order valence-corrected chi connectivity index (χ0v) is 18.7. The van der Waals surface area contributed by atoms with Crippen molar-refractivity contribution in [2.24, 2.45) is 0 Å². The first kappa shape index (κ1) is 21.6. The Balaban J connectivity index is 1.44. The molecular formula is C25H24Cl2N4. The lowest BCUT2D eigenvalue weighted by molar-refractivity contribution is 0.525. The molecule has 0 fully saturated rings. The molecule has 0 bridgehead atoms. The van der Waals surface area contributed by atoms with Gasteiger partial charge >= 0.3 is 0 Å². The molecule has 1 heterocycles. The molecule has 1 atom stereocenters. The average Bonchev–Trinajstić information content (AvgIpc) is 3.08. The Hall–Kier alpha value is -2.58. The molecule has 1 unspecified atom stereocenters. The van der Waals surface area contributed by atoms with Gasteiger partial charge in [-0.2, -0.15) is 5.26 Å². The van der Waals surface area contributed by atoms with E-state index in [1.165, 1.54) is 18.4 Å². The van der Waals surface area contributed by atoms with Gasteiger partial charge in [0.1, 0.15) is 0 Å². The third kappa shape index (κ3) is 5.57. The number of nitriles is 1. The van der Waals surface area contributed by atoms with Gasteiger partial charge in [-0.1, -0.05) is 53.9 Å². The number of rotatable bonds is 6. The number of nitrogens with one attached hydrogen (secondary N) is 1. The molecule has 4 nitrogen and oxygen atoms in total. The minimum atomic E-state index is 0.296. The number of imidazole rings is 1. The topological polar surface area (TPSA) is 53.6 Å². The van der Waals surface area contributed by atoms with Crippen molar-refractivity contribution in [3.8, 4) is 6.07 Å². The first-order valence-electron chi connectivity index (χ1n) is 10.5. The SMILES string of the molecule is N#Cc1ccc(Cn2cncc2CNC2C=C(c3ccc(Cl)c(Cl)c3)CCCC2)cc1. The van der Waals surface area contributed by atoms with Crippen molar-refractivity contribution in [3.63, 3.8) is 0 Å². The molecule has 1 aliphatic carbocycles. The number of hydrogen-bond donors (Lipinski definition) is 1. The van der Waals surface area contributed by atoms with Crippen molar-refractivity contribution in [2.75, 3.05) is 0 Å². The molecule has 0 saturated carbocycles. The fraction of sp³-hybridized carbons (Fsp3) is 0.280. The van der Waals surface area contributed by atoms with Gasteiger partial charge in [0, 0.05) is 25.3 Å². The summed E-state index contributed by atoms with van der Waals surface area (Å²) in [5.74, 6) is 0. The maximum absolute atomic E-state index is 8.97. The molecule has 1 aliphatic rings. The fourth-order valence-corrected chi connectivity index (χ4v) is 4.24. The van der Waals surface area contributed by atoms with Crippen molar-refractivity contribution in [2.45, 2.75) is 44.8 Å². The summed E-state index contributed by atoms with van der Waals surface area (Å²) >= 11 is 12.3. The van der Waals surface area contributed by atoms with Crippen LogP contribution in [0.2, 0.25) is 10.0 Å². The van der Waals surface area contributed by atoms with Gasteiger partial charge in [-0.15, -0.1) is 0 Å². The molecule has 0 amide bonds. The van der Waals surface area contributed by atoms with Crippen molar-refractivity contribution in [3.05, 3.63) is 93.5 Å². The van der Waals surface area contributed by atoms with E-state index in [1.54, 1.807) is 0 Å². The van der Waals surface area contributed by atoms with Crippen molar-refractivity contribution >= 4 is 28.8 Å². The fourth-order valence-electron chi connectivity index (χ4n) is 3.94. The molecule has 1 N–H and O–H groups in total. The summed E-state index contributed by atoms with van der Waals surface area (Å²) in [5, 5.41) is 13.8. The highest BCUT2D eigenvalue weighted by atomic mass is 35.5. The molecule has 31 heavy (non-hydrogen) atoms. The lowest BCUT2D eigenvalue weighted by Gasteiger charge is -2.16. The highest BCUT2D eigenvalue weighted by Crippen LogP contribution is 2.31. The Morgan fingerprint density at radius 3 is 2.71 bits per heavy atom. The van der Waals surface area contributed by atoms with Crippen LogP contribution in [0.4, 0.5) is 0 Å². The molecule has 0 spiro atoms. The summed E-state index contributed by atoms with van der Waals surface area (Å²) in [6.07, 6.45) is 10.6. The van der Waals surface area contributed by atoms with Gasteiger partial charge in [-0.3, -0.25) is 0 Å². The average molecular weight is 451 g/mol. The highest BCUT2D eigenvalue weighted by Gasteiger charge is 2.15. The zero-order chi connectivity index (χ0) is 21.6. The molecule has 1 aromatic heterocycles. The van der Waals surface area contributed by atoms with Crippen LogP contribution in [-0.4, -0.2) is 15.6 Å². The van der Waals surface area contributed by atoms with Gasteiger partial charge < -0.3 is 9.88 Å². The third-order valence-corrected chi connectivity index (χ3v) is 6.42. The molecule has 2 aromatic carbocycles. The lowest BCUT2D eigenvalue weighted by Crippen LogP contribution is -2.27. The molecule has 0 radical (unpaired) electrons. The molecular weight excluding hydrogens is 427 g/mol. The summed E-state index contributed by atoms with van der Waals surface area (Å²) in [6, 6.07) is 16.0. The lowest BCUT2D eigenvalue weighted by atomic mass is 10.0. The van der Waals surface area contributed by atoms with Crippen LogP contribution in [0.3, 0.4) is 0 Å². The Labute approximate surface area is 193 Å². The largest absolute Gasteiger partial charge is 0.329 e. The molecule has 3 aromatic rings. The molecule has 0 saturated heterocycles. The quantitative estimate of drug-likeness (QED) is 0.484. The van der Waals surface area contributed by atoms with Crippen LogP contribution >= 0.6 is 23.2 Å². The van der Waals surface area contributed by atoms with Gasteiger partial charge in [0.2, 0.25) is 0 Å². The summed E-state index contributed by atoms with van der Waals surface area (Å²) in [6.45, 7) is 1.48. The van der Waals surface area contributed by atoms with Gasteiger partial charge in [-0.25, -0.2) is 4.98 Å². The second-order valence-electron chi connectivity index (χ2n) is 7.88. The molecule has 6 heteroatoms. The van der Waals surface area contributed by atoms with E-state index in [0.29, 0.717) is 21.7 Å². The molecule has 4 rings (SSSR count). The van der Waals surface area contributed by atoms with Gasteiger partial charge in [-0.05, 0) is 60.2 Å². The van der Waals surface area contributed by atoms with Crippen LogP contribution in [0.15, 0.2) is 61.1 Å². The standard InChI is InChI=1S/C25H24Cl2N4/c26-24-10-9-21(12-25(24)27)20-3-1-2-4-22(11-20)30-15-23-14-29-17-31(23)16-19-7-5-18(13-28)6-8-19/h5-12,14,17,22,30H,1-4,15-16H2. The van der Waals surface area contributed by atoms with Gasteiger partial charge in [0.05, 0.1) is 33.7 Å². The Morgan fingerprint density at radius 1 is 1.10 bits per heavy atom. The third-order valence-electron chi connectivity index (χ3n) is 5.68. The number of allylic oxidation sites excluding steroid dienone is 1. The van der Waals surface area contributed by atoms with Crippen molar-refractivity contribution < 1.29 is 0 Å². The maximum atomic E-state index is 8.97. The predicted octanol–water partition coefficient (Wildman–Crippen LogP) is 6.23. The van der Waals surface area contributed by atoms with E-state index >= 15 is 0 Å². The second kappa shape index (κ2) is 10.2. The smallest absolute Gasteiger partial charge is 0.0991 e. The molecule has 158 valence electrons. The highest BCUT2D eigenvalue weighted by molar-refractivity contribution is 6.42. The van der Waals surface area contributed by atoms with Crippen LogP contribution in [0.5, 0.6) is 0 Å². The van der Waals surface area contributed by atoms with Crippen molar-refractivity contribution in [1.29, 1.82) is 5.26 Å². The minimum Gasteiger partial charge on any atom is -0.329 e. The van der Waals surface area contributed by atoms with Crippen LogP contribution in [0.1, 0.15) is 48.1 Å². The zero-order valence-electron chi connectivity index (χ0n) is 17.2. The van der Waals surface area contributed by atoms with Crippen LogP contribution in [-0.2, 0) is 13.1 Å². The van der Waals surface area contributed by atoms with E-state index in [-0.39, 0.29) is 0 Å². The number of hydrogen-bond acceptors (Lipinski definition) is 3. The van der Waals surface area contributed by atoms with E-state index < -0.39 is 0 Å².